The summed E-state index contributed by atoms with van der Waals surface area (Å²) in [5.74, 6) is -0.536. The Balaban J connectivity index is 1.44. The Bertz CT molecular complexity index is 985. The molecule has 0 aliphatic carbocycles. The Morgan fingerprint density at radius 1 is 1.21 bits per heavy atom. The Labute approximate surface area is 193 Å². The maximum Gasteiger partial charge on any atom is 0.414 e. The average Bonchev–Trinajstić information content (AvgIpc) is 3.06. The molecule has 2 amide bonds. The van der Waals surface area contributed by atoms with E-state index in [2.05, 4.69) is 0 Å². The molecular weight excluding hydrogens is 455 g/mol. The number of anilines is 1. The fraction of sp³-hybridized carbons (Fsp3) is 0.636. The first kappa shape index (κ1) is 25.2. The zero-order valence-electron chi connectivity index (χ0n) is 19.4. The second kappa shape index (κ2) is 9.84. The molecule has 11 heteroatoms. The normalized spacial score (nSPS) is 20.2. The number of halogens is 1. The number of benzene rings is 1. The summed E-state index contributed by atoms with van der Waals surface area (Å²) in [6, 6.07) is 3.41. The molecule has 1 unspecified atom stereocenters. The summed E-state index contributed by atoms with van der Waals surface area (Å²) in [6.45, 7) is 7.43. The van der Waals surface area contributed by atoms with Crippen LogP contribution >= 0.6 is 0 Å². The van der Waals surface area contributed by atoms with Crippen LogP contribution in [-0.4, -0.2) is 76.3 Å². The summed E-state index contributed by atoms with van der Waals surface area (Å²) >= 11 is 0. The average molecular weight is 487 g/mol. The molecule has 2 aliphatic rings. The molecule has 2 fully saturated rings. The first-order valence-electron chi connectivity index (χ1n) is 10.9. The standard InChI is InChI=1S/C22H31FN2O7S/c1-22(2,3)32-20(26)24-9-7-15(8-10-24)13-30-14-16-12-25(21(27)31-16)19-6-5-17(11-18(19)23)33(4,28)29/h5-6,11,15-16H,7-10,12-14H2,1-4H3. The van der Waals surface area contributed by atoms with Gasteiger partial charge in [0.15, 0.2) is 9.84 Å². The minimum Gasteiger partial charge on any atom is -0.444 e. The van der Waals surface area contributed by atoms with Crippen LogP contribution < -0.4 is 4.90 Å². The lowest BCUT2D eigenvalue weighted by Crippen LogP contribution is -2.42. The van der Waals surface area contributed by atoms with Gasteiger partial charge in [0.25, 0.3) is 0 Å². The van der Waals surface area contributed by atoms with Crippen LogP contribution in [0.15, 0.2) is 23.1 Å². The highest BCUT2D eigenvalue weighted by Crippen LogP contribution is 2.27. The van der Waals surface area contributed by atoms with Crippen LogP contribution in [0.1, 0.15) is 33.6 Å². The first-order chi connectivity index (χ1) is 15.3. The molecule has 9 nitrogen and oxygen atoms in total. The number of sulfone groups is 1. The Hall–Kier alpha value is -2.40. The van der Waals surface area contributed by atoms with E-state index < -0.39 is 33.5 Å². The highest BCUT2D eigenvalue weighted by molar-refractivity contribution is 7.90. The summed E-state index contributed by atoms with van der Waals surface area (Å²) in [5, 5.41) is 0. The van der Waals surface area contributed by atoms with Gasteiger partial charge in [-0.1, -0.05) is 0 Å². The molecule has 2 saturated heterocycles. The Kier molecular flexibility index (Phi) is 7.52. The third-order valence-corrected chi connectivity index (χ3v) is 6.55. The summed E-state index contributed by atoms with van der Waals surface area (Å²) in [6.07, 6.45) is 0.979. The maximum absolute atomic E-state index is 14.4. The van der Waals surface area contributed by atoms with Gasteiger partial charge in [0.1, 0.15) is 17.5 Å². The number of cyclic esters (lactones) is 1. The minimum absolute atomic E-state index is 0.0376. The minimum atomic E-state index is -3.55. The van der Waals surface area contributed by atoms with Crippen molar-refractivity contribution in [3.63, 3.8) is 0 Å². The van der Waals surface area contributed by atoms with Crippen molar-refractivity contribution in [1.82, 2.24) is 4.90 Å². The van der Waals surface area contributed by atoms with E-state index in [0.717, 1.165) is 30.1 Å². The molecule has 0 saturated carbocycles. The molecule has 2 aliphatic heterocycles. The number of nitrogens with zero attached hydrogens (tertiary/aromatic N) is 2. The van der Waals surface area contributed by atoms with E-state index in [4.69, 9.17) is 14.2 Å². The zero-order valence-corrected chi connectivity index (χ0v) is 20.2. The molecule has 0 spiro atoms. The molecule has 2 heterocycles. The predicted octanol–water partition coefficient (Wildman–Crippen LogP) is 3.22. The summed E-state index contributed by atoms with van der Waals surface area (Å²) < 4.78 is 54.0. The fourth-order valence-electron chi connectivity index (χ4n) is 3.72. The van der Waals surface area contributed by atoms with Gasteiger partial charge < -0.3 is 19.1 Å². The van der Waals surface area contributed by atoms with Crippen LogP contribution in [0, 0.1) is 11.7 Å². The summed E-state index contributed by atoms with van der Waals surface area (Å²) in [7, 11) is -3.55. The van der Waals surface area contributed by atoms with Crippen molar-refractivity contribution < 1.29 is 36.6 Å². The largest absolute Gasteiger partial charge is 0.444 e. The SMILES string of the molecule is CC(C)(C)OC(=O)N1CCC(COCC2CN(c3ccc(S(C)(=O)=O)cc3F)C(=O)O2)CC1. The lowest BCUT2D eigenvalue weighted by Gasteiger charge is -2.33. The third-order valence-electron chi connectivity index (χ3n) is 5.44. The van der Waals surface area contributed by atoms with Crippen LogP contribution in [0.25, 0.3) is 0 Å². The highest BCUT2D eigenvalue weighted by Gasteiger charge is 2.34. The molecule has 0 bridgehead atoms. The molecule has 0 N–H and O–H groups in total. The number of carbonyl (C=O) groups excluding carboxylic acids is 2. The number of piperidine rings is 1. The number of hydrogen-bond acceptors (Lipinski definition) is 7. The molecule has 1 aromatic rings. The van der Waals surface area contributed by atoms with Crippen molar-refractivity contribution in [2.45, 2.75) is 50.2 Å². The lowest BCUT2D eigenvalue weighted by molar-refractivity contribution is 0.00266. The van der Waals surface area contributed by atoms with E-state index in [-0.39, 0.29) is 35.7 Å². The van der Waals surface area contributed by atoms with Crippen molar-refractivity contribution in [2.75, 3.05) is 44.0 Å². The Morgan fingerprint density at radius 2 is 1.88 bits per heavy atom. The number of amides is 2. The van der Waals surface area contributed by atoms with E-state index in [1.165, 1.54) is 12.1 Å². The van der Waals surface area contributed by atoms with Crippen molar-refractivity contribution in [1.29, 1.82) is 0 Å². The van der Waals surface area contributed by atoms with Crippen LogP contribution in [0.5, 0.6) is 0 Å². The number of hydrogen-bond donors (Lipinski definition) is 0. The molecule has 1 atom stereocenters. The number of carbonyl (C=O) groups is 2. The molecule has 1 aromatic carbocycles. The third kappa shape index (κ3) is 6.80. The lowest BCUT2D eigenvalue weighted by atomic mass is 9.98. The van der Waals surface area contributed by atoms with Crippen molar-refractivity contribution in [2.24, 2.45) is 5.92 Å². The van der Waals surface area contributed by atoms with E-state index >= 15 is 0 Å². The smallest absolute Gasteiger partial charge is 0.414 e. The van der Waals surface area contributed by atoms with Gasteiger partial charge in [-0.25, -0.2) is 22.4 Å². The second-order valence-electron chi connectivity index (χ2n) is 9.45. The van der Waals surface area contributed by atoms with Gasteiger partial charge in [0, 0.05) is 26.0 Å². The van der Waals surface area contributed by atoms with Crippen molar-refractivity contribution >= 4 is 27.7 Å². The highest BCUT2D eigenvalue weighted by atomic mass is 32.2. The summed E-state index contributed by atoms with van der Waals surface area (Å²) in [5.41, 5.74) is -0.563. The second-order valence-corrected chi connectivity index (χ2v) is 11.5. The molecule has 184 valence electrons. The van der Waals surface area contributed by atoms with Gasteiger partial charge in [-0.05, 0) is 57.7 Å². The fourth-order valence-corrected chi connectivity index (χ4v) is 4.35. The monoisotopic (exact) mass is 486 g/mol. The predicted molar refractivity (Wildman–Crippen MR) is 118 cm³/mol. The van der Waals surface area contributed by atoms with E-state index in [0.29, 0.717) is 19.7 Å². The van der Waals surface area contributed by atoms with Crippen molar-refractivity contribution in [3.05, 3.63) is 24.0 Å². The number of rotatable bonds is 6. The quantitative estimate of drug-likeness (QED) is 0.608. The zero-order chi connectivity index (χ0) is 24.4. The van der Waals surface area contributed by atoms with Crippen LogP contribution in [0.2, 0.25) is 0 Å². The van der Waals surface area contributed by atoms with Gasteiger partial charge in [0.2, 0.25) is 0 Å². The van der Waals surface area contributed by atoms with Gasteiger partial charge >= 0.3 is 12.2 Å². The summed E-state index contributed by atoms with van der Waals surface area (Å²) in [4.78, 5) is 27.0. The maximum atomic E-state index is 14.4. The van der Waals surface area contributed by atoms with E-state index in [1.54, 1.807) is 4.90 Å². The molecule has 0 aromatic heterocycles. The van der Waals surface area contributed by atoms with Gasteiger partial charge in [-0.2, -0.15) is 0 Å². The van der Waals surface area contributed by atoms with Gasteiger partial charge in [-0.3, -0.25) is 4.90 Å². The van der Waals surface area contributed by atoms with Gasteiger partial charge in [-0.15, -0.1) is 0 Å². The Morgan fingerprint density at radius 3 is 2.45 bits per heavy atom. The molecule has 0 radical (unpaired) electrons. The van der Waals surface area contributed by atoms with E-state index in [9.17, 15) is 22.4 Å². The number of likely N-dealkylation sites (tertiary alicyclic amines) is 1. The topological polar surface area (TPSA) is 102 Å². The molecular formula is C22H31FN2O7S. The molecule has 3 rings (SSSR count). The van der Waals surface area contributed by atoms with Crippen molar-refractivity contribution in [3.8, 4) is 0 Å². The first-order valence-corrected chi connectivity index (χ1v) is 12.8. The van der Waals surface area contributed by atoms with Gasteiger partial charge in [0.05, 0.1) is 23.7 Å². The number of ether oxygens (including phenoxy) is 3. The van der Waals surface area contributed by atoms with Crippen LogP contribution in [0.3, 0.4) is 0 Å². The van der Waals surface area contributed by atoms with Crippen LogP contribution in [-0.2, 0) is 24.0 Å². The van der Waals surface area contributed by atoms with E-state index in [1.807, 2.05) is 20.8 Å². The molecule has 33 heavy (non-hydrogen) atoms. The van der Waals surface area contributed by atoms with Crippen LogP contribution in [0.4, 0.5) is 19.7 Å².